The molecule has 2 N–H and O–H groups in total. The molecule has 0 aliphatic rings. The molecule has 1 unspecified atom stereocenters. The molecule has 0 fully saturated rings. The van der Waals surface area contributed by atoms with Gasteiger partial charge in [-0.1, -0.05) is 24.3 Å². The zero-order valence-electron chi connectivity index (χ0n) is 10.2. The number of phenols is 1. The third-order valence-corrected chi connectivity index (χ3v) is 2.55. The summed E-state index contributed by atoms with van der Waals surface area (Å²) < 4.78 is 0. The van der Waals surface area contributed by atoms with Crippen LogP contribution in [0.25, 0.3) is 0 Å². The van der Waals surface area contributed by atoms with E-state index < -0.39 is 0 Å². The smallest absolute Gasteiger partial charge is 0.115 e. The van der Waals surface area contributed by atoms with Crippen molar-refractivity contribution in [1.29, 1.82) is 0 Å². The fraction of sp³-hybridized carbons (Fsp3) is 0.429. The summed E-state index contributed by atoms with van der Waals surface area (Å²) in [6.45, 7) is 8.96. The SMILES string of the molecule is C=C(C)CNC(C)CCc1ccc(O)cc1. The first-order chi connectivity index (χ1) is 7.58. The first-order valence-electron chi connectivity index (χ1n) is 5.73. The van der Waals surface area contributed by atoms with Gasteiger partial charge < -0.3 is 10.4 Å². The Bertz CT molecular complexity index is 329. The molecule has 88 valence electrons. The van der Waals surface area contributed by atoms with Crippen molar-refractivity contribution in [1.82, 2.24) is 5.32 Å². The maximum absolute atomic E-state index is 9.16. The van der Waals surface area contributed by atoms with E-state index in [4.69, 9.17) is 5.11 Å². The van der Waals surface area contributed by atoms with Crippen LogP contribution in [0.1, 0.15) is 25.8 Å². The van der Waals surface area contributed by atoms with Crippen molar-refractivity contribution in [3.63, 3.8) is 0 Å². The molecule has 1 aromatic carbocycles. The molecule has 1 atom stereocenters. The highest BCUT2D eigenvalue weighted by Gasteiger charge is 2.01. The van der Waals surface area contributed by atoms with Gasteiger partial charge in [-0.25, -0.2) is 0 Å². The third-order valence-electron chi connectivity index (χ3n) is 2.55. The van der Waals surface area contributed by atoms with Gasteiger partial charge in [0.1, 0.15) is 5.75 Å². The lowest BCUT2D eigenvalue weighted by molar-refractivity contribution is 0.475. The topological polar surface area (TPSA) is 32.3 Å². The highest BCUT2D eigenvalue weighted by atomic mass is 16.3. The predicted molar refractivity (Wildman–Crippen MR) is 68.7 cm³/mol. The number of hydrogen-bond donors (Lipinski definition) is 2. The molecule has 0 aliphatic carbocycles. The highest BCUT2D eigenvalue weighted by Crippen LogP contribution is 2.11. The normalized spacial score (nSPS) is 12.4. The number of hydrogen-bond acceptors (Lipinski definition) is 2. The second kappa shape index (κ2) is 6.33. The van der Waals surface area contributed by atoms with Crippen LogP contribution in [0.2, 0.25) is 0 Å². The van der Waals surface area contributed by atoms with Gasteiger partial charge in [0.2, 0.25) is 0 Å². The fourth-order valence-corrected chi connectivity index (χ4v) is 1.50. The zero-order chi connectivity index (χ0) is 12.0. The summed E-state index contributed by atoms with van der Waals surface area (Å²) in [7, 11) is 0. The summed E-state index contributed by atoms with van der Waals surface area (Å²) in [6, 6.07) is 7.91. The summed E-state index contributed by atoms with van der Waals surface area (Å²) in [5.41, 5.74) is 2.43. The predicted octanol–water partition coefficient (Wildman–Crippen LogP) is 2.88. The van der Waals surface area contributed by atoms with Gasteiger partial charge >= 0.3 is 0 Å². The number of phenolic OH excluding ortho intramolecular Hbond substituents is 1. The molecular weight excluding hydrogens is 198 g/mol. The van der Waals surface area contributed by atoms with Gasteiger partial charge in [-0.15, -0.1) is 0 Å². The summed E-state index contributed by atoms with van der Waals surface area (Å²) in [5, 5.41) is 12.6. The van der Waals surface area contributed by atoms with E-state index in [2.05, 4.69) is 18.8 Å². The molecule has 1 rings (SSSR count). The van der Waals surface area contributed by atoms with Crippen molar-refractivity contribution >= 4 is 0 Å². The van der Waals surface area contributed by atoms with Crippen LogP contribution in [-0.4, -0.2) is 17.7 Å². The average molecular weight is 219 g/mol. The lowest BCUT2D eigenvalue weighted by atomic mass is 10.1. The van der Waals surface area contributed by atoms with E-state index in [-0.39, 0.29) is 0 Å². The monoisotopic (exact) mass is 219 g/mol. The Labute approximate surface area is 98.0 Å². The minimum atomic E-state index is 0.331. The van der Waals surface area contributed by atoms with Crippen molar-refractivity contribution in [2.45, 2.75) is 32.7 Å². The molecule has 0 bridgehead atoms. The summed E-state index contributed by atoms with van der Waals surface area (Å²) in [5.74, 6) is 0.331. The molecule has 0 amide bonds. The lowest BCUT2D eigenvalue weighted by Crippen LogP contribution is -2.27. The molecule has 2 nitrogen and oxygen atoms in total. The van der Waals surface area contributed by atoms with E-state index in [1.54, 1.807) is 12.1 Å². The molecule has 16 heavy (non-hydrogen) atoms. The van der Waals surface area contributed by atoms with Gasteiger partial charge in [0.25, 0.3) is 0 Å². The van der Waals surface area contributed by atoms with Gasteiger partial charge in [-0.3, -0.25) is 0 Å². The van der Waals surface area contributed by atoms with Gasteiger partial charge in [0.05, 0.1) is 0 Å². The van der Waals surface area contributed by atoms with Gasteiger partial charge in [-0.05, 0) is 44.4 Å². The molecular formula is C14H21NO. The third kappa shape index (κ3) is 4.99. The van der Waals surface area contributed by atoms with E-state index in [1.165, 1.54) is 5.56 Å². The van der Waals surface area contributed by atoms with Crippen molar-refractivity contribution in [3.8, 4) is 5.75 Å². The van der Waals surface area contributed by atoms with Crippen LogP contribution in [0.15, 0.2) is 36.4 Å². The quantitative estimate of drug-likeness (QED) is 0.721. The molecule has 0 aromatic heterocycles. The van der Waals surface area contributed by atoms with Crippen molar-refractivity contribution in [3.05, 3.63) is 42.0 Å². The van der Waals surface area contributed by atoms with Gasteiger partial charge in [0, 0.05) is 12.6 Å². The molecule has 0 heterocycles. The minimum Gasteiger partial charge on any atom is -0.508 e. The molecule has 2 heteroatoms. The zero-order valence-corrected chi connectivity index (χ0v) is 10.2. The fourth-order valence-electron chi connectivity index (χ4n) is 1.50. The van der Waals surface area contributed by atoms with Crippen LogP contribution in [0.3, 0.4) is 0 Å². The maximum Gasteiger partial charge on any atom is 0.115 e. The van der Waals surface area contributed by atoms with E-state index in [0.29, 0.717) is 11.8 Å². The Hall–Kier alpha value is -1.28. The van der Waals surface area contributed by atoms with Crippen LogP contribution < -0.4 is 5.32 Å². The Morgan fingerprint density at radius 3 is 2.56 bits per heavy atom. The Morgan fingerprint density at radius 1 is 1.38 bits per heavy atom. The second-order valence-electron chi connectivity index (χ2n) is 4.44. The first kappa shape index (κ1) is 12.8. The summed E-state index contributed by atoms with van der Waals surface area (Å²) in [4.78, 5) is 0. The van der Waals surface area contributed by atoms with E-state index in [1.807, 2.05) is 19.1 Å². The molecule has 0 saturated carbocycles. The summed E-state index contributed by atoms with van der Waals surface area (Å²) >= 11 is 0. The molecule has 0 radical (unpaired) electrons. The Kier molecular flexibility index (Phi) is 5.06. The average Bonchev–Trinajstić information content (AvgIpc) is 2.25. The number of rotatable bonds is 6. The number of benzene rings is 1. The maximum atomic E-state index is 9.16. The van der Waals surface area contributed by atoms with Crippen molar-refractivity contribution in [2.24, 2.45) is 0 Å². The van der Waals surface area contributed by atoms with Crippen LogP contribution in [0.4, 0.5) is 0 Å². The van der Waals surface area contributed by atoms with Crippen molar-refractivity contribution < 1.29 is 5.11 Å². The van der Waals surface area contributed by atoms with Crippen molar-refractivity contribution in [2.75, 3.05) is 6.54 Å². The molecule has 0 spiro atoms. The second-order valence-corrected chi connectivity index (χ2v) is 4.44. The minimum absolute atomic E-state index is 0.331. The number of aromatic hydroxyl groups is 1. The molecule has 1 aromatic rings. The van der Waals surface area contributed by atoms with Crippen LogP contribution in [0, 0.1) is 0 Å². The van der Waals surface area contributed by atoms with Crippen LogP contribution in [-0.2, 0) is 6.42 Å². The summed E-state index contributed by atoms with van der Waals surface area (Å²) in [6.07, 6.45) is 2.13. The standard InChI is InChI=1S/C14H21NO/c1-11(2)10-15-12(3)4-5-13-6-8-14(16)9-7-13/h6-9,12,15-16H,1,4-5,10H2,2-3H3. The van der Waals surface area contributed by atoms with Gasteiger partial charge in [-0.2, -0.15) is 0 Å². The lowest BCUT2D eigenvalue weighted by Gasteiger charge is -2.13. The first-order valence-corrected chi connectivity index (χ1v) is 5.73. The highest BCUT2D eigenvalue weighted by molar-refractivity contribution is 5.25. The van der Waals surface area contributed by atoms with Gasteiger partial charge in [0.15, 0.2) is 0 Å². The Balaban J connectivity index is 2.28. The van der Waals surface area contributed by atoms with E-state index in [0.717, 1.165) is 25.0 Å². The van der Waals surface area contributed by atoms with E-state index >= 15 is 0 Å². The number of aryl methyl sites for hydroxylation is 1. The Morgan fingerprint density at radius 2 is 2.00 bits per heavy atom. The molecule has 0 aliphatic heterocycles. The van der Waals surface area contributed by atoms with Crippen LogP contribution in [0.5, 0.6) is 5.75 Å². The number of nitrogens with one attached hydrogen (secondary N) is 1. The molecule has 0 saturated heterocycles. The largest absolute Gasteiger partial charge is 0.508 e. The van der Waals surface area contributed by atoms with E-state index in [9.17, 15) is 0 Å². The van der Waals surface area contributed by atoms with Crippen LogP contribution >= 0.6 is 0 Å².